The normalized spacial score (nSPS) is 26.5. The average molecular weight is 197 g/mol. The predicted octanol–water partition coefficient (Wildman–Crippen LogP) is 0.838. The summed E-state index contributed by atoms with van der Waals surface area (Å²) < 4.78 is 0. The molecule has 2 atom stereocenters. The van der Waals surface area contributed by atoms with E-state index in [-0.39, 0.29) is 11.9 Å². The Hall–Kier alpha value is -1.06. The number of carbonyl (C=O) groups excluding carboxylic acids is 1. The Bertz CT molecular complexity index is 353. The van der Waals surface area contributed by atoms with Gasteiger partial charge in [0.1, 0.15) is 6.04 Å². The number of β-lactam (4-membered cyclic amide) rings is 1. The number of nitrogens with one attached hydrogen (secondary N) is 1. The van der Waals surface area contributed by atoms with Crippen molar-refractivity contribution in [2.75, 3.05) is 0 Å². The summed E-state index contributed by atoms with van der Waals surface area (Å²) in [5.74, 6) is -0.107. The zero-order valence-corrected chi connectivity index (χ0v) is 7.58. The number of benzene rings is 1. The summed E-state index contributed by atoms with van der Waals surface area (Å²) in [6.07, 6.45) is 0. The van der Waals surface area contributed by atoms with Gasteiger partial charge in [-0.25, -0.2) is 0 Å². The van der Waals surface area contributed by atoms with Gasteiger partial charge in [0.15, 0.2) is 0 Å². The van der Waals surface area contributed by atoms with Gasteiger partial charge >= 0.3 is 0 Å². The van der Waals surface area contributed by atoms with Crippen LogP contribution in [0.1, 0.15) is 11.6 Å². The van der Waals surface area contributed by atoms with E-state index < -0.39 is 6.04 Å². The minimum absolute atomic E-state index is 0.0776. The Labute approximate surface area is 80.9 Å². The van der Waals surface area contributed by atoms with Gasteiger partial charge in [-0.05, 0) is 17.7 Å². The molecule has 1 aromatic rings. The summed E-state index contributed by atoms with van der Waals surface area (Å²) in [7, 11) is 0. The van der Waals surface area contributed by atoms with Gasteiger partial charge in [0.2, 0.25) is 5.91 Å². The molecule has 1 saturated heterocycles. The molecule has 1 aliphatic rings. The first-order valence-corrected chi connectivity index (χ1v) is 4.38. The molecule has 1 aliphatic heterocycles. The van der Waals surface area contributed by atoms with Gasteiger partial charge in [-0.2, -0.15) is 0 Å². The van der Waals surface area contributed by atoms with Crippen molar-refractivity contribution in [3.63, 3.8) is 0 Å². The van der Waals surface area contributed by atoms with Crippen molar-refractivity contribution in [3.05, 3.63) is 34.9 Å². The predicted molar refractivity (Wildman–Crippen MR) is 50.3 cm³/mol. The molecule has 0 bridgehead atoms. The maximum Gasteiger partial charge on any atom is 0.239 e. The first-order valence-electron chi connectivity index (χ1n) is 4.00. The molecule has 3 nitrogen and oxygen atoms in total. The average Bonchev–Trinajstić information content (AvgIpc) is 2.13. The fraction of sp³-hybridized carbons (Fsp3) is 0.222. The fourth-order valence-corrected chi connectivity index (χ4v) is 1.58. The van der Waals surface area contributed by atoms with E-state index in [4.69, 9.17) is 17.3 Å². The lowest BCUT2D eigenvalue weighted by Gasteiger charge is -2.34. The molecule has 2 rings (SSSR count). The van der Waals surface area contributed by atoms with E-state index in [0.717, 1.165) is 5.56 Å². The molecule has 0 aliphatic carbocycles. The van der Waals surface area contributed by atoms with E-state index in [1.165, 1.54) is 0 Å². The van der Waals surface area contributed by atoms with E-state index >= 15 is 0 Å². The van der Waals surface area contributed by atoms with Crippen LogP contribution in [-0.4, -0.2) is 11.9 Å². The van der Waals surface area contributed by atoms with Crippen LogP contribution in [0.15, 0.2) is 24.3 Å². The Morgan fingerprint density at radius 1 is 1.46 bits per heavy atom. The quantitative estimate of drug-likeness (QED) is 0.654. The molecule has 0 spiro atoms. The van der Waals surface area contributed by atoms with Crippen LogP contribution in [0, 0.1) is 0 Å². The SMILES string of the molecule is NC1C(=O)NC1c1cccc(Cl)c1. The number of nitrogens with two attached hydrogens (primary N) is 1. The van der Waals surface area contributed by atoms with E-state index in [1.807, 2.05) is 18.2 Å². The Balaban J connectivity index is 2.23. The second kappa shape index (κ2) is 3.01. The standard InChI is InChI=1S/C9H9ClN2O/c10-6-3-1-2-5(4-6)8-7(11)9(13)12-8/h1-4,7-8H,11H2,(H,12,13). The van der Waals surface area contributed by atoms with E-state index in [9.17, 15) is 4.79 Å². The van der Waals surface area contributed by atoms with Crippen LogP contribution in [0.25, 0.3) is 0 Å². The highest BCUT2D eigenvalue weighted by atomic mass is 35.5. The van der Waals surface area contributed by atoms with Crippen molar-refractivity contribution in [2.24, 2.45) is 5.73 Å². The number of rotatable bonds is 1. The Morgan fingerprint density at radius 2 is 2.23 bits per heavy atom. The zero-order chi connectivity index (χ0) is 9.42. The maximum atomic E-state index is 10.8. The van der Waals surface area contributed by atoms with Gasteiger partial charge in [0.05, 0.1) is 6.04 Å². The second-order valence-corrected chi connectivity index (χ2v) is 3.50. The second-order valence-electron chi connectivity index (χ2n) is 3.07. The number of hydrogen-bond donors (Lipinski definition) is 2. The lowest BCUT2D eigenvalue weighted by atomic mass is 9.92. The van der Waals surface area contributed by atoms with Crippen molar-refractivity contribution >= 4 is 17.5 Å². The molecular formula is C9H9ClN2O. The molecule has 13 heavy (non-hydrogen) atoms. The highest BCUT2D eigenvalue weighted by Crippen LogP contribution is 2.24. The summed E-state index contributed by atoms with van der Waals surface area (Å²) >= 11 is 5.80. The molecule has 1 fully saturated rings. The summed E-state index contributed by atoms with van der Waals surface area (Å²) in [5, 5.41) is 3.37. The van der Waals surface area contributed by atoms with Gasteiger partial charge in [-0.1, -0.05) is 23.7 Å². The summed E-state index contributed by atoms with van der Waals surface area (Å²) in [4.78, 5) is 10.8. The minimum Gasteiger partial charge on any atom is -0.346 e. The molecule has 1 amide bonds. The molecular weight excluding hydrogens is 188 g/mol. The molecule has 0 radical (unpaired) electrons. The largest absolute Gasteiger partial charge is 0.346 e. The third-order valence-corrected chi connectivity index (χ3v) is 2.40. The molecule has 0 saturated carbocycles. The van der Waals surface area contributed by atoms with Gasteiger partial charge in [0.25, 0.3) is 0 Å². The highest BCUT2D eigenvalue weighted by Gasteiger charge is 2.36. The van der Waals surface area contributed by atoms with Crippen molar-refractivity contribution in [1.29, 1.82) is 0 Å². The van der Waals surface area contributed by atoms with Crippen LogP contribution in [-0.2, 0) is 4.79 Å². The lowest BCUT2D eigenvalue weighted by Crippen LogP contribution is -2.60. The van der Waals surface area contributed by atoms with Gasteiger partial charge in [0, 0.05) is 5.02 Å². The first-order chi connectivity index (χ1) is 6.18. The number of hydrogen-bond acceptors (Lipinski definition) is 2. The molecule has 2 unspecified atom stereocenters. The van der Waals surface area contributed by atoms with Crippen LogP contribution in [0.3, 0.4) is 0 Å². The minimum atomic E-state index is -0.432. The molecule has 1 aromatic carbocycles. The topological polar surface area (TPSA) is 55.1 Å². The maximum absolute atomic E-state index is 10.8. The molecule has 3 N–H and O–H groups in total. The van der Waals surface area contributed by atoms with Crippen molar-refractivity contribution < 1.29 is 4.79 Å². The van der Waals surface area contributed by atoms with Crippen molar-refractivity contribution in [1.82, 2.24) is 5.32 Å². The van der Waals surface area contributed by atoms with Crippen LogP contribution >= 0.6 is 11.6 Å². The van der Waals surface area contributed by atoms with Crippen LogP contribution in [0.4, 0.5) is 0 Å². The van der Waals surface area contributed by atoms with Crippen LogP contribution < -0.4 is 11.1 Å². The molecule has 68 valence electrons. The highest BCUT2D eigenvalue weighted by molar-refractivity contribution is 6.30. The van der Waals surface area contributed by atoms with Crippen LogP contribution in [0.5, 0.6) is 0 Å². The van der Waals surface area contributed by atoms with Gasteiger partial charge < -0.3 is 11.1 Å². The van der Waals surface area contributed by atoms with E-state index in [0.29, 0.717) is 5.02 Å². The van der Waals surface area contributed by atoms with Crippen molar-refractivity contribution in [3.8, 4) is 0 Å². The first kappa shape index (κ1) is 8.53. The van der Waals surface area contributed by atoms with Crippen molar-refractivity contribution in [2.45, 2.75) is 12.1 Å². The molecule has 1 heterocycles. The summed E-state index contributed by atoms with van der Waals surface area (Å²) in [5.41, 5.74) is 6.55. The Kier molecular flexibility index (Phi) is 1.98. The Morgan fingerprint density at radius 3 is 2.77 bits per heavy atom. The van der Waals surface area contributed by atoms with E-state index in [1.54, 1.807) is 6.07 Å². The van der Waals surface area contributed by atoms with Gasteiger partial charge in [-0.15, -0.1) is 0 Å². The third-order valence-electron chi connectivity index (χ3n) is 2.17. The van der Waals surface area contributed by atoms with E-state index in [2.05, 4.69) is 5.32 Å². The summed E-state index contributed by atoms with van der Waals surface area (Å²) in [6, 6.07) is 6.83. The molecule has 4 heteroatoms. The van der Waals surface area contributed by atoms with Crippen LogP contribution in [0.2, 0.25) is 5.02 Å². The number of carbonyl (C=O) groups is 1. The number of amides is 1. The summed E-state index contributed by atoms with van der Waals surface area (Å²) in [6.45, 7) is 0. The number of halogens is 1. The third kappa shape index (κ3) is 1.41. The smallest absolute Gasteiger partial charge is 0.239 e. The molecule has 0 aromatic heterocycles. The lowest BCUT2D eigenvalue weighted by molar-refractivity contribution is -0.130. The van der Waals surface area contributed by atoms with Gasteiger partial charge in [-0.3, -0.25) is 4.79 Å². The fourth-order valence-electron chi connectivity index (χ4n) is 1.39. The zero-order valence-electron chi connectivity index (χ0n) is 6.83. The monoisotopic (exact) mass is 196 g/mol.